The third-order valence-corrected chi connectivity index (χ3v) is 3.15. The standard InChI is InChI=1S/C16H25N5O4/c1-16(2,3)25-14(22)12(7-8-19-20-15(18)23)10-5-4-6-11(9-10)13(17)21-24/h4-6,9,12,19,24H,7-8H2,1-3H3,(H2,17,21)(H3,18,20,23). The lowest BCUT2D eigenvalue weighted by molar-refractivity contribution is -0.156. The van der Waals surface area contributed by atoms with Crippen molar-refractivity contribution >= 4 is 17.8 Å². The first-order valence-electron chi connectivity index (χ1n) is 7.73. The number of benzene rings is 1. The molecule has 2 amide bonds. The molecule has 0 saturated carbocycles. The highest BCUT2D eigenvalue weighted by molar-refractivity contribution is 5.97. The van der Waals surface area contributed by atoms with Crippen LogP contribution in [0.15, 0.2) is 29.4 Å². The van der Waals surface area contributed by atoms with E-state index in [9.17, 15) is 9.59 Å². The molecule has 1 rings (SSSR count). The Morgan fingerprint density at radius 1 is 1.32 bits per heavy atom. The first-order valence-corrected chi connectivity index (χ1v) is 7.73. The molecule has 0 aliphatic rings. The van der Waals surface area contributed by atoms with Crippen LogP contribution < -0.4 is 22.3 Å². The number of amides is 2. The Morgan fingerprint density at radius 2 is 2.00 bits per heavy atom. The largest absolute Gasteiger partial charge is 0.459 e. The monoisotopic (exact) mass is 351 g/mol. The summed E-state index contributed by atoms with van der Waals surface area (Å²) in [7, 11) is 0. The summed E-state index contributed by atoms with van der Waals surface area (Å²) < 4.78 is 5.47. The van der Waals surface area contributed by atoms with Crippen LogP contribution in [0.5, 0.6) is 0 Å². The van der Waals surface area contributed by atoms with Crippen molar-refractivity contribution in [1.82, 2.24) is 10.9 Å². The van der Waals surface area contributed by atoms with Crippen molar-refractivity contribution in [2.24, 2.45) is 16.6 Å². The Morgan fingerprint density at radius 3 is 2.56 bits per heavy atom. The van der Waals surface area contributed by atoms with Crippen molar-refractivity contribution in [3.8, 4) is 0 Å². The number of esters is 1. The van der Waals surface area contributed by atoms with E-state index < -0.39 is 23.5 Å². The van der Waals surface area contributed by atoms with Gasteiger partial charge in [-0.3, -0.25) is 10.2 Å². The van der Waals surface area contributed by atoms with Gasteiger partial charge in [-0.2, -0.15) is 0 Å². The van der Waals surface area contributed by atoms with Crippen LogP contribution in [0.4, 0.5) is 4.79 Å². The van der Waals surface area contributed by atoms with Gasteiger partial charge in [-0.25, -0.2) is 10.2 Å². The Kier molecular flexibility index (Phi) is 7.19. The summed E-state index contributed by atoms with van der Waals surface area (Å²) in [5, 5.41) is 11.8. The first-order chi connectivity index (χ1) is 11.6. The van der Waals surface area contributed by atoms with Crippen LogP contribution in [0.1, 0.15) is 44.2 Å². The van der Waals surface area contributed by atoms with E-state index in [4.69, 9.17) is 21.4 Å². The number of hydrogen-bond acceptors (Lipinski definition) is 6. The lowest BCUT2D eigenvalue weighted by Crippen LogP contribution is -2.42. The minimum absolute atomic E-state index is 0.0571. The van der Waals surface area contributed by atoms with E-state index in [1.807, 2.05) is 0 Å². The third kappa shape index (κ3) is 7.08. The molecule has 9 heteroatoms. The summed E-state index contributed by atoms with van der Waals surface area (Å²) in [5.41, 5.74) is 16.0. The predicted octanol–water partition coefficient (Wildman–Crippen LogP) is 0.769. The van der Waals surface area contributed by atoms with E-state index in [0.717, 1.165) is 0 Å². The zero-order chi connectivity index (χ0) is 19.0. The van der Waals surface area contributed by atoms with Crippen molar-refractivity contribution in [3.63, 3.8) is 0 Å². The van der Waals surface area contributed by atoms with E-state index in [1.165, 1.54) is 0 Å². The van der Waals surface area contributed by atoms with Crippen molar-refractivity contribution < 1.29 is 19.5 Å². The van der Waals surface area contributed by atoms with Crippen molar-refractivity contribution in [3.05, 3.63) is 35.4 Å². The van der Waals surface area contributed by atoms with Crippen LogP contribution in [-0.2, 0) is 9.53 Å². The third-order valence-electron chi connectivity index (χ3n) is 3.15. The maximum atomic E-state index is 12.6. The van der Waals surface area contributed by atoms with Gasteiger partial charge in [0.1, 0.15) is 5.60 Å². The Hall–Kier alpha value is -2.81. The van der Waals surface area contributed by atoms with Crippen molar-refractivity contribution in [1.29, 1.82) is 0 Å². The van der Waals surface area contributed by atoms with E-state index in [0.29, 0.717) is 24.1 Å². The number of primary amides is 1. The predicted molar refractivity (Wildman–Crippen MR) is 92.9 cm³/mol. The molecule has 0 spiro atoms. The molecule has 0 aliphatic carbocycles. The van der Waals surface area contributed by atoms with Crippen LogP contribution in [-0.4, -0.2) is 35.2 Å². The Labute approximate surface area is 146 Å². The number of nitrogens with zero attached hydrogens (tertiary/aromatic N) is 1. The van der Waals surface area contributed by atoms with Crippen molar-refractivity contribution in [2.75, 3.05) is 6.54 Å². The van der Waals surface area contributed by atoms with Gasteiger partial charge < -0.3 is 21.4 Å². The fourth-order valence-corrected chi connectivity index (χ4v) is 2.13. The molecule has 1 aromatic rings. The molecule has 7 N–H and O–H groups in total. The summed E-state index contributed by atoms with van der Waals surface area (Å²) in [6.45, 7) is 5.63. The van der Waals surface area contributed by atoms with E-state index in [2.05, 4.69) is 16.0 Å². The highest BCUT2D eigenvalue weighted by Crippen LogP contribution is 2.24. The van der Waals surface area contributed by atoms with Crippen LogP contribution in [0.3, 0.4) is 0 Å². The second kappa shape index (κ2) is 8.88. The number of rotatable bonds is 7. The maximum Gasteiger partial charge on any atom is 0.326 e. The molecule has 0 aliphatic heterocycles. The minimum atomic E-state index is -0.720. The minimum Gasteiger partial charge on any atom is -0.459 e. The van der Waals surface area contributed by atoms with Crippen LogP contribution in [0.2, 0.25) is 0 Å². The number of oxime groups is 1. The number of amidine groups is 1. The maximum absolute atomic E-state index is 12.6. The van der Waals surface area contributed by atoms with Crippen LogP contribution in [0.25, 0.3) is 0 Å². The van der Waals surface area contributed by atoms with E-state index >= 15 is 0 Å². The topological polar surface area (TPSA) is 152 Å². The number of hydrogen-bond donors (Lipinski definition) is 5. The molecule has 0 fully saturated rings. The number of carbonyl (C=O) groups excluding carboxylic acids is 2. The highest BCUT2D eigenvalue weighted by Gasteiger charge is 2.26. The number of ether oxygens (including phenoxy) is 1. The lowest BCUT2D eigenvalue weighted by atomic mass is 9.93. The highest BCUT2D eigenvalue weighted by atomic mass is 16.6. The molecule has 0 bridgehead atoms. The smallest absolute Gasteiger partial charge is 0.326 e. The second-order valence-corrected chi connectivity index (χ2v) is 6.40. The number of nitrogens with two attached hydrogens (primary N) is 2. The molecule has 1 aromatic carbocycles. The molecule has 25 heavy (non-hydrogen) atoms. The molecule has 0 radical (unpaired) electrons. The summed E-state index contributed by atoms with van der Waals surface area (Å²) in [4.78, 5) is 23.3. The van der Waals surface area contributed by atoms with Crippen LogP contribution >= 0.6 is 0 Å². The zero-order valence-corrected chi connectivity index (χ0v) is 14.6. The van der Waals surface area contributed by atoms with Gasteiger partial charge in [0.15, 0.2) is 5.84 Å². The summed E-state index contributed by atoms with van der Waals surface area (Å²) in [6.07, 6.45) is 0.342. The first kappa shape index (κ1) is 20.2. The Balaban J connectivity index is 3.00. The molecule has 1 atom stereocenters. The second-order valence-electron chi connectivity index (χ2n) is 6.40. The molecular formula is C16H25N5O4. The molecule has 0 saturated heterocycles. The molecular weight excluding hydrogens is 326 g/mol. The van der Waals surface area contributed by atoms with Gasteiger partial charge in [-0.1, -0.05) is 23.4 Å². The van der Waals surface area contributed by atoms with Gasteiger partial charge in [0.05, 0.1) is 5.92 Å². The van der Waals surface area contributed by atoms with Gasteiger partial charge in [-0.15, -0.1) is 0 Å². The number of carbonyl (C=O) groups is 2. The fraction of sp³-hybridized carbons (Fsp3) is 0.438. The van der Waals surface area contributed by atoms with Crippen molar-refractivity contribution in [2.45, 2.75) is 38.7 Å². The quantitative estimate of drug-likeness (QED) is 0.122. The normalized spacial score (nSPS) is 13.2. The summed E-state index contributed by atoms with van der Waals surface area (Å²) in [5.74, 6) is -1.07. The number of urea groups is 1. The SMILES string of the molecule is CC(C)(C)OC(=O)C(CCNNC(N)=O)c1cccc(C(N)=NO)c1. The number of hydrazine groups is 1. The summed E-state index contributed by atoms with van der Waals surface area (Å²) in [6, 6.07) is 6.06. The van der Waals surface area contributed by atoms with E-state index in [-0.39, 0.29) is 5.84 Å². The summed E-state index contributed by atoms with van der Waals surface area (Å²) >= 11 is 0. The molecule has 9 nitrogen and oxygen atoms in total. The average molecular weight is 351 g/mol. The molecule has 138 valence electrons. The molecule has 0 heterocycles. The molecule has 0 aromatic heterocycles. The van der Waals surface area contributed by atoms with Gasteiger partial charge >= 0.3 is 12.0 Å². The van der Waals surface area contributed by atoms with Gasteiger partial charge in [-0.05, 0) is 38.8 Å². The fourth-order valence-electron chi connectivity index (χ4n) is 2.13. The lowest BCUT2D eigenvalue weighted by Gasteiger charge is -2.24. The van der Waals surface area contributed by atoms with Gasteiger partial charge in [0.25, 0.3) is 0 Å². The number of nitrogens with one attached hydrogen (secondary N) is 2. The molecule has 1 unspecified atom stereocenters. The zero-order valence-electron chi connectivity index (χ0n) is 14.6. The van der Waals surface area contributed by atoms with Gasteiger partial charge in [0.2, 0.25) is 0 Å². The Bertz CT molecular complexity index is 640. The van der Waals surface area contributed by atoms with Gasteiger partial charge in [0, 0.05) is 12.1 Å². The van der Waals surface area contributed by atoms with Crippen LogP contribution in [0, 0.1) is 0 Å². The average Bonchev–Trinajstić information content (AvgIpc) is 2.52. The van der Waals surface area contributed by atoms with E-state index in [1.54, 1.807) is 45.0 Å².